The molecule has 94 valence electrons. The first-order valence-electron chi connectivity index (χ1n) is 6.04. The molecule has 1 fully saturated rings. The van der Waals surface area contributed by atoms with Crippen molar-refractivity contribution in [2.45, 2.75) is 44.9 Å². The Hall–Kier alpha value is -0.220. The molecule has 0 bridgehead atoms. The lowest BCUT2D eigenvalue weighted by molar-refractivity contribution is -0.128. The van der Waals surface area contributed by atoms with Crippen molar-refractivity contribution in [3.8, 4) is 0 Å². The van der Waals surface area contributed by atoms with Gasteiger partial charge in [-0.25, -0.2) is 0 Å². The summed E-state index contributed by atoms with van der Waals surface area (Å²) in [5.41, 5.74) is -0.323. The van der Waals surface area contributed by atoms with Crippen LogP contribution < -0.4 is 10.6 Å². The van der Waals surface area contributed by atoms with E-state index in [1.807, 2.05) is 25.6 Å². The summed E-state index contributed by atoms with van der Waals surface area (Å²) in [7, 11) is 1.70. The van der Waals surface area contributed by atoms with Gasteiger partial charge in [0.25, 0.3) is 0 Å². The molecule has 1 amide bonds. The highest BCUT2D eigenvalue weighted by molar-refractivity contribution is 7.99. The zero-order valence-electron chi connectivity index (χ0n) is 10.8. The van der Waals surface area contributed by atoms with Crippen molar-refractivity contribution in [1.82, 2.24) is 10.6 Å². The van der Waals surface area contributed by atoms with E-state index in [9.17, 15) is 4.79 Å². The number of hydrogen-bond donors (Lipinski definition) is 2. The van der Waals surface area contributed by atoms with Crippen molar-refractivity contribution in [3.63, 3.8) is 0 Å². The van der Waals surface area contributed by atoms with E-state index in [0.29, 0.717) is 11.3 Å². The summed E-state index contributed by atoms with van der Waals surface area (Å²) in [5.74, 6) is 1.38. The first-order valence-corrected chi connectivity index (χ1v) is 7.09. The first kappa shape index (κ1) is 13.8. The molecule has 0 spiro atoms. The standard InChI is InChI=1S/C12H24N2OS/c1-9-10(6-5-7-16-9)14-8-12(2,3)11(15)13-4/h9-10,14H,5-8H2,1-4H3,(H,13,15). The van der Waals surface area contributed by atoms with Gasteiger partial charge >= 0.3 is 0 Å². The molecular formula is C12H24N2OS. The number of amides is 1. The van der Waals surface area contributed by atoms with Gasteiger partial charge in [-0.3, -0.25) is 4.79 Å². The maximum absolute atomic E-state index is 11.6. The van der Waals surface area contributed by atoms with Crippen molar-refractivity contribution in [2.24, 2.45) is 5.41 Å². The highest BCUT2D eigenvalue weighted by Gasteiger charge is 2.29. The summed E-state index contributed by atoms with van der Waals surface area (Å²) in [4.78, 5) is 11.6. The Morgan fingerprint density at radius 3 is 2.75 bits per heavy atom. The van der Waals surface area contributed by atoms with Crippen LogP contribution in [0.4, 0.5) is 0 Å². The number of thioether (sulfide) groups is 1. The quantitative estimate of drug-likeness (QED) is 0.790. The van der Waals surface area contributed by atoms with E-state index < -0.39 is 0 Å². The van der Waals surface area contributed by atoms with E-state index in [0.717, 1.165) is 6.54 Å². The predicted octanol–water partition coefficient (Wildman–Crippen LogP) is 1.63. The lowest BCUT2D eigenvalue weighted by Crippen LogP contribution is -2.48. The summed E-state index contributed by atoms with van der Waals surface area (Å²) in [6.45, 7) is 7.00. The Kier molecular flexibility index (Phi) is 5.12. The molecule has 3 nitrogen and oxygen atoms in total. The molecule has 1 aliphatic heterocycles. The van der Waals surface area contributed by atoms with E-state index in [-0.39, 0.29) is 11.3 Å². The van der Waals surface area contributed by atoms with Crippen LogP contribution in [0.3, 0.4) is 0 Å². The lowest BCUT2D eigenvalue weighted by Gasteiger charge is -2.32. The summed E-state index contributed by atoms with van der Waals surface area (Å²) < 4.78 is 0. The minimum Gasteiger partial charge on any atom is -0.359 e. The van der Waals surface area contributed by atoms with Gasteiger partial charge in [-0.2, -0.15) is 11.8 Å². The van der Waals surface area contributed by atoms with Crippen LogP contribution in [0.15, 0.2) is 0 Å². The van der Waals surface area contributed by atoms with Gasteiger partial charge in [0.2, 0.25) is 5.91 Å². The minimum absolute atomic E-state index is 0.108. The molecule has 0 aromatic heterocycles. The summed E-state index contributed by atoms with van der Waals surface area (Å²) in [6.07, 6.45) is 2.52. The Labute approximate surface area is 103 Å². The second kappa shape index (κ2) is 5.92. The monoisotopic (exact) mass is 244 g/mol. The van der Waals surface area contributed by atoms with Crippen LogP contribution >= 0.6 is 11.8 Å². The summed E-state index contributed by atoms with van der Waals surface area (Å²) in [6, 6.07) is 0.558. The molecule has 0 radical (unpaired) electrons. The second-order valence-electron chi connectivity index (χ2n) is 5.17. The van der Waals surface area contributed by atoms with Crippen LogP contribution in [-0.4, -0.2) is 36.5 Å². The molecule has 0 saturated carbocycles. The Morgan fingerprint density at radius 2 is 2.19 bits per heavy atom. The van der Waals surface area contributed by atoms with Gasteiger partial charge in [0, 0.05) is 24.9 Å². The maximum Gasteiger partial charge on any atom is 0.226 e. The van der Waals surface area contributed by atoms with Crippen LogP contribution in [0.1, 0.15) is 33.6 Å². The maximum atomic E-state index is 11.6. The number of hydrogen-bond acceptors (Lipinski definition) is 3. The summed E-state index contributed by atoms with van der Waals surface area (Å²) >= 11 is 2.03. The van der Waals surface area contributed by atoms with Gasteiger partial charge in [0.1, 0.15) is 0 Å². The molecule has 1 aliphatic rings. The van der Waals surface area contributed by atoms with E-state index in [1.165, 1.54) is 18.6 Å². The Bertz CT molecular complexity index is 243. The molecular weight excluding hydrogens is 220 g/mol. The van der Waals surface area contributed by atoms with E-state index >= 15 is 0 Å². The third-order valence-corrected chi connectivity index (χ3v) is 4.63. The Balaban J connectivity index is 2.40. The van der Waals surface area contributed by atoms with Crippen LogP contribution in [0, 0.1) is 5.41 Å². The minimum atomic E-state index is -0.323. The van der Waals surface area contributed by atoms with Crippen molar-refractivity contribution in [3.05, 3.63) is 0 Å². The van der Waals surface area contributed by atoms with Crippen LogP contribution in [0.2, 0.25) is 0 Å². The van der Waals surface area contributed by atoms with Crippen LogP contribution in [-0.2, 0) is 4.79 Å². The van der Waals surface area contributed by atoms with Gasteiger partial charge in [-0.05, 0) is 32.4 Å². The number of carbonyl (C=O) groups excluding carboxylic acids is 1. The smallest absolute Gasteiger partial charge is 0.226 e. The van der Waals surface area contributed by atoms with Crippen molar-refractivity contribution >= 4 is 17.7 Å². The summed E-state index contributed by atoms with van der Waals surface area (Å²) in [5, 5.41) is 6.93. The topological polar surface area (TPSA) is 41.1 Å². The van der Waals surface area contributed by atoms with E-state index in [4.69, 9.17) is 0 Å². The first-order chi connectivity index (χ1) is 7.47. The van der Waals surface area contributed by atoms with Crippen molar-refractivity contribution < 1.29 is 4.79 Å². The average Bonchev–Trinajstić information content (AvgIpc) is 2.27. The number of nitrogens with one attached hydrogen (secondary N) is 2. The number of rotatable bonds is 4. The van der Waals surface area contributed by atoms with Gasteiger partial charge in [-0.1, -0.05) is 6.92 Å². The highest BCUT2D eigenvalue weighted by Crippen LogP contribution is 2.25. The average molecular weight is 244 g/mol. The molecule has 0 aromatic carbocycles. The third kappa shape index (κ3) is 3.67. The highest BCUT2D eigenvalue weighted by atomic mass is 32.2. The number of carbonyl (C=O) groups is 1. The van der Waals surface area contributed by atoms with Gasteiger partial charge in [0.05, 0.1) is 5.41 Å². The molecule has 2 atom stereocenters. The zero-order valence-corrected chi connectivity index (χ0v) is 11.6. The van der Waals surface area contributed by atoms with E-state index in [1.54, 1.807) is 7.05 Å². The normalized spacial score (nSPS) is 26.5. The fraction of sp³-hybridized carbons (Fsp3) is 0.917. The zero-order chi connectivity index (χ0) is 12.2. The molecule has 2 unspecified atom stereocenters. The molecule has 0 aliphatic carbocycles. The van der Waals surface area contributed by atoms with Gasteiger partial charge in [0.15, 0.2) is 0 Å². The lowest BCUT2D eigenvalue weighted by atomic mass is 9.91. The molecule has 1 saturated heterocycles. The SMILES string of the molecule is CNC(=O)C(C)(C)CNC1CCCSC1C. The van der Waals surface area contributed by atoms with Gasteiger partial charge in [-0.15, -0.1) is 0 Å². The molecule has 1 heterocycles. The molecule has 0 aromatic rings. The van der Waals surface area contributed by atoms with Crippen LogP contribution in [0.5, 0.6) is 0 Å². The third-order valence-electron chi connectivity index (χ3n) is 3.25. The Morgan fingerprint density at radius 1 is 1.50 bits per heavy atom. The molecule has 4 heteroatoms. The fourth-order valence-corrected chi connectivity index (χ4v) is 3.17. The molecule has 16 heavy (non-hydrogen) atoms. The van der Waals surface area contributed by atoms with E-state index in [2.05, 4.69) is 17.6 Å². The van der Waals surface area contributed by atoms with Crippen molar-refractivity contribution in [2.75, 3.05) is 19.3 Å². The molecule has 1 rings (SSSR count). The van der Waals surface area contributed by atoms with Crippen LogP contribution in [0.25, 0.3) is 0 Å². The van der Waals surface area contributed by atoms with Crippen molar-refractivity contribution in [1.29, 1.82) is 0 Å². The van der Waals surface area contributed by atoms with Gasteiger partial charge < -0.3 is 10.6 Å². The molecule has 2 N–H and O–H groups in total. The fourth-order valence-electron chi connectivity index (χ4n) is 2.00. The second-order valence-corrected chi connectivity index (χ2v) is 6.65. The predicted molar refractivity (Wildman–Crippen MR) is 70.8 cm³/mol. The largest absolute Gasteiger partial charge is 0.359 e.